The maximum atomic E-state index is 5.63. The SMILES string of the molecule is COCC1CCCN(c2ncc(CN)c(C)n2)C1. The van der Waals surface area contributed by atoms with Gasteiger partial charge < -0.3 is 15.4 Å². The van der Waals surface area contributed by atoms with Crippen LogP contribution in [0.4, 0.5) is 5.95 Å². The van der Waals surface area contributed by atoms with Gasteiger partial charge in [0.15, 0.2) is 0 Å². The molecule has 1 unspecified atom stereocenters. The van der Waals surface area contributed by atoms with E-state index in [1.165, 1.54) is 12.8 Å². The highest BCUT2D eigenvalue weighted by Gasteiger charge is 2.21. The van der Waals surface area contributed by atoms with Crippen LogP contribution in [0.2, 0.25) is 0 Å². The van der Waals surface area contributed by atoms with Gasteiger partial charge in [0.05, 0.1) is 6.61 Å². The van der Waals surface area contributed by atoms with Crippen LogP contribution in [-0.4, -0.2) is 36.8 Å². The van der Waals surface area contributed by atoms with E-state index in [0.29, 0.717) is 12.5 Å². The summed E-state index contributed by atoms with van der Waals surface area (Å²) in [6.45, 7) is 5.32. The van der Waals surface area contributed by atoms with Crippen molar-refractivity contribution in [3.63, 3.8) is 0 Å². The number of hydrogen-bond donors (Lipinski definition) is 1. The van der Waals surface area contributed by atoms with Crippen molar-refractivity contribution in [2.45, 2.75) is 26.3 Å². The molecule has 100 valence electrons. The van der Waals surface area contributed by atoms with E-state index in [0.717, 1.165) is 36.9 Å². The Hall–Kier alpha value is -1.20. The third-order valence-corrected chi connectivity index (χ3v) is 3.49. The quantitative estimate of drug-likeness (QED) is 0.867. The van der Waals surface area contributed by atoms with Crippen LogP contribution in [0.25, 0.3) is 0 Å². The minimum atomic E-state index is 0.498. The fourth-order valence-corrected chi connectivity index (χ4v) is 2.45. The van der Waals surface area contributed by atoms with Crippen LogP contribution in [-0.2, 0) is 11.3 Å². The third kappa shape index (κ3) is 2.97. The van der Waals surface area contributed by atoms with Crippen molar-refractivity contribution in [3.05, 3.63) is 17.5 Å². The van der Waals surface area contributed by atoms with E-state index in [9.17, 15) is 0 Å². The molecule has 1 aromatic rings. The van der Waals surface area contributed by atoms with E-state index in [1.807, 2.05) is 13.1 Å². The molecule has 1 fully saturated rings. The molecule has 1 atom stereocenters. The molecule has 0 amide bonds. The third-order valence-electron chi connectivity index (χ3n) is 3.49. The topological polar surface area (TPSA) is 64.3 Å². The number of methoxy groups -OCH3 is 1. The minimum Gasteiger partial charge on any atom is -0.384 e. The van der Waals surface area contributed by atoms with Gasteiger partial charge >= 0.3 is 0 Å². The summed E-state index contributed by atoms with van der Waals surface area (Å²) in [5.74, 6) is 1.41. The predicted molar refractivity (Wildman–Crippen MR) is 71.5 cm³/mol. The van der Waals surface area contributed by atoms with Crippen molar-refractivity contribution in [2.24, 2.45) is 11.7 Å². The first-order valence-electron chi connectivity index (χ1n) is 6.51. The number of rotatable bonds is 4. The number of ether oxygens (including phenoxy) is 1. The standard InChI is InChI=1S/C13H22N4O/c1-10-12(6-14)7-15-13(16-10)17-5-3-4-11(8-17)9-18-2/h7,11H,3-6,8-9,14H2,1-2H3. The number of aromatic nitrogens is 2. The molecule has 1 aliphatic rings. The van der Waals surface area contributed by atoms with Crippen LogP contribution >= 0.6 is 0 Å². The maximum absolute atomic E-state index is 5.63. The predicted octanol–water partition coefficient (Wildman–Crippen LogP) is 1.11. The van der Waals surface area contributed by atoms with E-state index in [2.05, 4.69) is 14.9 Å². The Morgan fingerprint density at radius 2 is 2.39 bits per heavy atom. The fraction of sp³-hybridized carbons (Fsp3) is 0.692. The second-order valence-electron chi connectivity index (χ2n) is 4.89. The van der Waals surface area contributed by atoms with E-state index in [4.69, 9.17) is 10.5 Å². The molecule has 0 spiro atoms. The lowest BCUT2D eigenvalue weighted by Gasteiger charge is -2.32. The molecule has 2 rings (SSSR count). The number of anilines is 1. The lowest BCUT2D eigenvalue weighted by molar-refractivity contribution is 0.143. The molecule has 5 nitrogen and oxygen atoms in total. The van der Waals surface area contributed by atoms with Gasteiger partial charge in [0.25, 0.3) is 0 Å². The van der Waals surface area contributed by atoms with Crippen molar-refractivity contribution >= 4 is 5.95 Å². The van der Waals surface area contributed by atoms with Crippen molar-refractivity contribution in [3.8, 4) is 0 Å². The van der Waals surface area contributed by atoms with Crippen LogP contribution < -0.4 is 10.6 Å². The number of piperidine rings is 1. The summed E-state index contributed by atoms with van der Waals surface area (Å²) in [7, 11) is 1.76. The van der Waals surface area contributed by atoms with E-state index in [-0.39, 0.29) is 0 Å². The molecular formula is C13H22N4O. The zero-order valence-electron chi connectivity index (χ0n) is 11.2. The van der Waals surface area contributed by atoms with Crippen LogP contribution in [0.5, 0.6) is 0 Å². The molecule has 18 heavy (non-hydrogen) atoms. The normalized spacial score (nSPS) is 20.2. The van der Waals surface area contributed by atoms with Gasteiger partial charge in [-0.3, -0.25) is 0 Å². The molecule has 2 N–H and O–H groups in total. The van der Waals surface area contributed by atoms with E-state index < -0.39 is 0 Å². The Morgan fingerprint density at radius 3 is 3.06 bits per heavy atom. The Bertz CT molecular complexity index is 395. The summed E-state index contributed by atoms with van der Waals surface area (Å²) < 4.78 is 5.24. The Morgan fingerprint density at radius 1 is 1.56 bits per heavy atom. The first kappa shape index (κ1) is 13.2. The van der Waals surface area contributed by atoms with Gasteiger partial charge in [-0.1, -0.05) is 0 Å². The lowest BCUT2D eigenvalue weighted by Crippen LogP contribution is -2.38. The summed E-state index contributed by atoms with van der Waals surface area (Å²) >= 11 is 0. The Kier molecular flexibility index (Phi) is 4.49. The Labute approximate surface area is 108 Å². The average Bonchev–Trinajstić information content (AvgIpc) is 2.39. The lowest BCUT2D eigenvalue weighted by atomic mass is 9.99. The summed E-state index contributed by atoms with van der Waals surface area (Å²) in [4.78, 5) is 11.2. The van der Waals surface area contributed by atoms with Crippen molar-refractivity contribution in [1.82, 2.24) is 9.97 Å². The first-order chi connectivity index (χ1) is 8.74. The number of nitrogens with two attached hydrogens (primary N) is 1. The summed E-state index contributed by atoms with van der Waals surface area (Å²) in [5, 5.41) is 0. The van der Waals surface area contributed by atoms with Crippen molar-refractivity contribution < 1.29 is 4.74 Å². The van der Waals surface area contributed by atoms with Crippen molar-refractivity contribution in [2.75, 3.05) is 31.7 Å². The molecule has 0 bridgehead atoms. The van der Waals surface area contributed by atoms with Gasteiger partial charge in [0.1, 0.15) is 0 Å². The smallest absolute Gasteiger partial charge is 0.225 e. The van der Waals surface area contributed by atoms with Gasteiger partial charge in [0.2, 0.25) is 5.95 Å². The maximum Gasteiger partial charge on any atom is 0.225 e. The van der Waals surface area contributed by atoms with Gasteiger partial charge in [-0.2, -0.15) is 0 Å². The molecular weight excluding hydrogens is 228 g/mol. The van der Waals surface area contributed by atoms with Gasteiger partial charge in [-0.25, -0.2) is 9.97 Å². The summed E-state index contributed by atoms with van der Waals surface area (Å²) in [6, 6.07) is 0. The average molecular weight is 250 g/mol. The summed E-state index contributed by atoms with van der Waals surface area (Å²) in [5.41, 5.74) is 7.63. The molecule has 0 saturated carbocycles. The molecule has 1 aromatic heterocycles. The van der Waals surface area contributed by atoms with Gasteiger partial charge in [0, 0.05) is 44.2 Å². The highest BCUT2D eigenvalue weighted by molar-refractivity contribution is 5.33. The molecule has 1 saturated heterocycles. The van der Waals surface area contributed by atoms with E-state index >= 15 is 0 Å². The van der Waals surface area contributed by atoms with Gasteiger partial charge in [-0.05, 0) is 25.7 Å². The highest BCUT2D eigenvalue weighted by Crippen LogP contribution is 2.21. The van der Waals surface area contributed by atoms with Crippen LogP contribution in [0.15, 0.2) is 6.20 Å². The summed E-state index contributed by atoms with van der Waals surface area (Å²) in [6.07, 6.45) is 4.25. The molecule has 0 aliphatic carbocycles. The van der Waals surface area contributed by atoms with Crippen molar-refractivity contribution in [1.29, 1.82) is 0 Å². The first-order valence-corrected chi connectivity index (χ1v) is 6.51. The molecule has 0 radical (unpaired) electrons. The van der Waals surface area contributed by atoms with Crippen LogP contribution in [0, 0.1) is 12.8 Å². The highest BCUT2D eigenvalue weighted by atomic mass is 16.5. The monoisotopic (exact) mass is 250 g/mol. The zero-order chi connectivity index (χ0) is 13.0. The van der Waals surface area contributed by atoms with Crippen LogP contribution in [0.3, 0.4) is 0 Å². The second-order valence-corrected chi connectivity index (χ2v) is 4.89. The van der Waals surface area contributed by atoms with Crippen LogP contribution in [0.1, 0.15) is 24.1 Å². The Balaban J connectivity index is 2.08. The molecule has 1 aliphatic heterocycles. The molecule has 0 aromatic carbocycles. The number of hydrogen-bond acceptors (Lipinski definition) is 5. The second kappa shape index (κ2) is 6.11. The molecule has 2 heterocycles. The fourth-order valence-electron chi connectivity index (χ4n) is 2.45. The molecule has 5 heteroatoms. The number of aryl methyl sites for hydroxylation is 1. The largest absolute Gasteiger partial charge is 0.384 e. The number of nitrogens with zero attached hydrogens (tertiary/aromatic N) is 3. The van der Waals surface area contributed by atoms with Gasteiger partial charge in [-0.15, -0.1) is 0 Å². The minimum absolute atomic E-state index is 0.498. The van der Waals surface area contributed by atoms with E-state index in [1.54, 1.807) is 7.11 Å². The zero-order valence-corrected chi connectivity index (χ0v) is 11.2.